The third-order valence-electron chi connectivity index (χ3n) is 4.48. The Morgan fingerprint density at radius 3 is 1.37 bits per heavy atom. The van der Waals surface area contributed by atoms with Gasteiger partial charge in [0.25, 0.3) is 0 Å². The Balaban J connectivity index is 1.46. The highest BCUT2D eigenvalue weighted by Gasteiger charge is 2.07. The van der Waals surface area contributed by atoms with Crippen LogP contribution in [0.2, 0.25) is 0 Å². The van der Waals surface area contributed by atoms with E-state index < -0.39 is 0 Å². The molecule has 0 spiro atoms. The van der Waals surface area contributed by atoms with Gasteiger partial charge >= 0.3 is 0 Å². The van der Waals surface area contributed by atoms with Crippen LogP contribution in [-0.2, 0) is 25.7 Å². The first-order valence-electron chi connectivity index (χ1n) is 9.95. The van der Waals surface area contributed by atoms with Gasteiger partial charge in [-0.3, -0.25) is 0 Å². The lowest BCUT2D eigenvalue weighted by Crippen LogP contribution is -1.84. The van der Waals surface area contributed by atoms with E-state index in [9.17, 15) is 0 Å². The van der Waals surface area contributed by atoms with Gasteiger partial charge in [-0.25, -0.2) is 0 Å². The van der Waals surface area contributed by atoms with Crippen LogP contribution in [0.5, 0.6) is 0 Å². The zero-order valence-corrected chi connectivity index (χ0v) is 20.6. The van der Waals surface area contributed by atoms with Crippen molar-refractivity contribution in [3.8, 4) is 11.4 Å². The van der Waals surface area contributed by atoms with E-state index in [4.69, 9.17) is 0 Å². The van der Waals surface area contributed by atoms with Gasteiger partial charge in [-0.1, -0.05) is 27.7 Å². The van der Waals surface area contributed by atoms with Crippen molar-refractivity contribution in [2.75, 3.05) is 0 Å². The normalized spacial score (nSPS) is 11.2. The molecule has 4 aromatic rings. The van der Waals surface area contributed by atoms with Crippen LogP contribution in [0.4, 0.5) is 20.5 Å². The molecular formula is C20H22N6S4-2. The zero-order chi connectivity index (χ0) is 21.1. The number of aromatic nitrogens is 4. The molecule has 0 atom stereocenters. The van der Waals surface area contributed by atoms with Crippen molar-refractivity contribution in [3.05, 3.63) is 42.5 Å². The minimum atomic E-state index is 0.704. The SMILES string of the molecule is CCc1nc([N-]c2nc(-c3csc([N-]c4nc(CC)c(CC)s4)n3)cs2)sc1CC. The van der Waals surface area contributed by atoms with Crippen LogP contribution in [-0.4, -0.2) is 19.9 Å². The molecule has 30 heavy (non-hydrogen) atoms. The molecule has 4 aromatic heterocycles. The van der Waals surface area contributed by atoms with Crippen molar-refractivity contribution in [3.63, 3.8) is 0 Å². The minimum Gasteiger partial charge on any atom is -0.356 e. The molecule has 0 saturated heterocycles. The molecule has 0 bridgehead atoms. The molecule has 0 aliphatic rings. The van der Waals surface area contributed by atoms with Crippen LogP contribution in [0.15, 0.2) is 10.8 Å². The average molecular weight is 475 g/mol. The van der Waals surface area contributed by atoms with Crippen LogP contribution in [0.25, 0.3) is 22.0 Å². The zero-order valence-electron chi connectivity index (χ0n) is 17.3. The topological polar surface area (TPSA) is 79.8 Å². The standard InChI is InChI=1S/C20H22N6S4/c1-5-11-15(7-3)29-19(21-11)25-17-23-13(9-27-17)14-10-28-18(24-14)26-20-22-12(6-2)16(8-4)30-20/h9-10H,5-8H2,1-4H3/q-2. The maximum Gasteiger partial charge on any atom is 0.0669 e. The summed E-state index contributed by atoms with van der Waals surface area (Å²) in [5, 5.41) is 16.2. The minimum absolute atomic E-state index is 0.704. The van der Waals surface area contributed by atoms with Gasteiger partial charge in [0.1, 0.15) is 0 Å². The maximum absolute atomic E-state index is 4.64. The summed E-state index contributed by atoms with van der Waals surface area (Å²) in [4.78, 5) is 21.2. The Hall–Kier alpha value is -1.88. The first-order valence-corrected chi connectivity index (χ1v) is 13.3. The second-order valence-electron chi connectivity index (χ2n) is 6.40. The average Bonchev–Trinajstić information content (AvgIpc) is 3.54. The molecule has 0 aliphatic heterocycles. The van der Waals surface area contributed by atoms with E-state index in [1.54, 1.807) is 22.7 Å². The molecule has 0 aliphatic carbocycles. The molecule has 0 unspecified atom stereocenters. The maximum atomic E-state index is 4.64. The van der Waals surface area contributed by atoms with Crippen molar-refractivity contribution >= 4 is 65.9 Å². The molecule has 4 rings (SSSR count). The molecule has 0 radical (unpaired) electrons. The third kappa shape index (κ3) is 4.56. The van der Waals surface area contributed by atoms with Crippen molar-refractivity contribution in [1.82, 2.24) is 19.9 Å². The van der Waals surface area contributed by atoms with Gasteiger partial charge in [0.15, 0.2) is 0 Å². The monoisotopic (exact) mass is 474 g/mol. The van der Waals surface area contributed by atoms with Crippen LogP contribution < -0.4 is 0 Å². The third-order valence-corrected chi connectivity index (χ3v) is 8.22. The van der Waals surface area contributed by atoms with Gasteiger partial charge in [-0.2, -0.15) is 0 Å². The first-order chi connectivity index (χ1) is 14.6. The fraction of sp³-hybridized carbons (Fsp3) is 0.400. The smallest absolute Gasteiger partial charge is 0.0669 e. The molecule has 0 fully saturated rings. The Morgan fingerprint density at radius 1 is 0.600 bits per heavy atom. The van der Waals surface area contributed by atoms with E-state index >= 15 is 0 Å². The number of aryl methyl sites for hydroxylation is 4. The molecule has 0 amide bonds. The fourth-order valence-corrected chi connectivity index (χ4v) is 6.37. The molecule has 158 valence electrons. The van der Waals surface area contributed by atoms with E-state index in [2.05, 4.69) is 58.3 Å². The van der Waals surface area contributed by atoms with E-state index in [0.717, 1.165) is 58.7 Å². The highest BCUT2D eigenvalue weighted by molar-refractivity contribution is 7.18. The lowest BCUT2D eigenvalue weighted by atomic mass is 10.2. The van der Waals surface area contributed by atoms with E-state index in [1.165, 1.54) is 32.4 Å². The van der Waals surface area contributed by atoms with E-state index in [-0.39, 0.29) is 0 Å². The van der Waals surface area contributed by atoms with Crippen molar-refractivity contribution < 1.29 is 0 Å². The highest BCUT2D eigenvalue weighted by Crippen LogP contribution is 2.41. The number of hydrogen-bond acceptors (Lipinski definition) is 8. The molecule has 0 aromatic carbocycles. The molecule has 0 N–H and O–H groups in total. The van der Waals surface area contributed by atoms with Gasteiger partial charge in [-0.15, -0.1) is 45.3 Å². The summed E-state index contributed by atoms with van der Waals surface area (Å²) >= 11 is 6.31. The summed E-state index contributed by atoms with van der Waals surface area (Å²) in [6.07, 6.45) is 3.84. The summed E-state index contributed by atoms with van der Waals surface area (Å²) < 4.78 is 0. The lowest BCUT2D eigenvalue weighted by Gasteiger charge is -2.05. The largest absolute Gasteiger partial charge is 0.356 e. The molecular weight excluding hydrogens is 453 g/mol. The van der Waals surface area contributed by atoms with Gasteiger partial charge in [0.05, 0.1) is 20.5 Å². The first kappa shape index (κ1) is 21.4. The Morgan fingerprint density at radius 2 is 1.03 bits per heavy atom. The quantitative estimate of drug-likeness (QED) is 0.245. The molecule has 4 heterocycles. The lowest BCUT2D eigenvalue weighted by molar-refractivity contribution is 1.01. The molecule has 0 saturated carbocycles. The van der Waals surface area contributed by atoms with Gasteiger partial charge in [0, 0.05) is 31.9 Å². The predicted molar refractivity (Wildman–Crippen MR) is 130 cm³/mol. The van der Waals surface area contributed by atoms with E-state index in [1.807, 2.05) is 10.8 Å². The van der Waals surface area contributed by atoms with Crippen LogP contribution >= 0.6 is 45.3 Å². The van der Waals surface area contributed by atoms with Gasteiger partial charge in [0.2, 0.25) is 0 Å². The second-order valence-corrected chi connectivity index (χ2v) is 10.2. The summed E-state index contributed by atoms with van der Waals surface area (Å²) in [5.41, 5.74) is 3.93. The molecule has 6 nitrogen and oxygen atoms in total. The fourth-order valence-electron chi connectivity index (χ4n) is 2.97. The Labute approximate surface area is 192 Å². The number of nitrogens with zero attached hydrogens (tertiary/aromatic N) is 6. The van der Waals surface area contributed by atoms with Crippen LogP contribution in [0, 0.1) is 0 Å². The summed E-state index contributed by atoms with van der Waals surface area (Å²) in [5.74, 6) is 0. The van der Waals surface area contributed by atoms with Crippen LogP contribution in [0.3, 0.4) is 0 Å². The summed E-state index contributed by atoms with van der Waals surface area (Å²) in [7, 11) is 0. The van der Waals surface area contributed by atoms with Gasteiger partial charge in [-0.05, 0) is 37.1 Å². The highest BCUT2D eigenvalue weighted by atomic mass is 32.1. The van der Waals surface area contributed by atoms with Crippen molar-refractivity contribution in [1.29, 1.82) is 0 Å². The number of rotatable bonds is 9. The second kappa shape index (κ2) is 9.51. The number of thiazole rings is 4. The van der Waals surface area contributed by atoms with Gasteiger partial charge < -0.3 is 30.6 Å². The van der Waals surface area contributed by atoms with Crippen molar-refractivity contribution in [2.45, 2.75) is 53.4 Å². The Bertz CT molecular complexity index is 991. The number of hydrogen-bond donors (Lipinski definition) is 0. The Kier molecular flexibility index (Phi) is 6.77. The van der Waals surface area contributed by atoms with Crippen LogP contribution in [0.1, 0.15) is 48.8 Å². The van der Waals surface area contributed by atoms with Crippen molar-refractivity contribution in [2.24, 2.45) is 0 Å². The summed E-state index contributed by atoms with van der Waals surface area (Å²) in [6.45, 7) is 8.56. The molecule has 10 heteroatoms. The van der Waals surface area contributed by atoms with E-state index in [0.29, 0.717) is 10.3 Å². The predicted octanol–water partition coefficient (Wildman–Crippen LogP) is 8.10. The summed E-state index contributed by atoms with van der Waals surface area (Å²) in [6, 6.07) is 0.